The Morgan fingerprint density at radius 2 is 2.19 bits per heavy atom. The van der Waals surface area contributed by atoms with E-state index >= 15 is 0 Å². The molecular weight excluding hydrogens is 273 g/mol. The lowest BCUT2D eigenvalue weighted by Crippen LogP contribution is -2.45. The van der Waals surface area contributed by atoms with Crippen molar-refractivity contribution in [3.05, 3.63) is 30.2 Å². The largest absolute Gasteiger partial charge is 0.480 e. The molecule has 1 aliphatic rings. The third kappa shape index (κ3) is 2.26. The summed E-state index contributed by atoms with van der Waals surface area (Å²) in [6.45, 7) is 0.582. The van der Waals surface area contributed by atoms with E-state index in [-0.39, 0.29) is 5.82 Å². The molecule has 21 heavy (non-hydrogen) atoms. The normalized spacial score (nSPS) is 18.9. The minimum atomic E-state index is -0.886. The van der Waals surface area contributed by atoms with Gasteiger partial charge in [-0.1, -0.05) is 0 Å². The van der Waals surface area contributed by atoms with Crippen LogP contribution in [0.25, 0.3) is 10.8 Å². The van der Waals surface area contributed by atoms with Crippen molar-refractivity contribution < 1.29 is 14.3 Å². The summed E-state index contributed by atoms with van der Waals surface area (Å²) in [7, 11) is 0. The fourth-order valence-electron chi connectivity index (χ4n) is 2.93. The maximum Gasteiger partial charge on any atom is 0.326 e. The number of piperidine rings is 1. The van der Waals surface area contributed by atoms with Gasteiger partial charge in [0.05, 0.1) is 5.39 Å². The second-order valence-electron chi connectivity index (χ2n) is 5.24. The quantitative estimate of drug-likeness (QED) is 0.830. The highest BCUT2D eigenvalue weighted by Crippen LogP contribution is 2.34. The van der Waals surface area contributed by atoms with Crippen molar-refractivity contribution in [1.29, 1.82) is 0 Å². The number of nitrogen functional groups attached to an aromatic ring is 1. The Morgan fingerprint density at radius 1 is 1.38 bits per heavy atom. The highest BCUT2D eigenvalue weighted by molar-refractivity contribution is 6.02. The van der Waals surface area contributed by atoms with Crippen LogP contribution in [0.15, 0.2) is 24.4 Å². The van der Waals surface area contributed by atoms with Gasteiger partial charge in [0.25, 0.3) is 0 Å². The fraction of sp³-hybridized carbons (Fsp3) is 0.333. The van der Waals surface area contributed by atoms with Gasteiger partial charge >= 0.3 is 5.97 Å². The number of hydrogen-bond acceptors (Lipinski definition) is 4. The van der Waals surface area contributed by atoms with Gasteiger partial charge in [-0.05, 0) is 37.5 Å². The van der Waals surface area contributed by atoms with Gasteiger partial charge in [0, 0.05) is 23.8 Å². The number of benzene rings is 1. The predicted molar refractivity (Wildman–Crippen MR) is 78.7 cm³/mol. The Labute approximate surface area is 121 Å². The monoisotopic (exact) mass is 289 g/mol. The average molecular weight is 289 g/mol. The molecule has 6 heteroatoms. The zero-order valence-electron chi connectivity index (χ0n) is 11.4. The van der Waals surface area contributed by atoms with Gasteiger partial charge in [-0.25, -0.2) is 14.2 Å². The van der Waals surface area contributed by atoms with E-state index in [0.29, 0.717) is 35.2 Å². The second-order valence-corrected chi connectivity index (χ2v) is 5.24. The van der Waals surface area contributed by atoms with Crippen LogP contribution in [0, 0.1) is 5.82 Å². The zero-order chi connectivity index (χ0) is 15.0. The molecule has 1 atom stereocenters. The van der Waals surface area contributed by atoms with Crippen LogP contribution >= 0.6 is 0 Å². The second kappa shape index (κ2) is 5.20. The summed E-state index contributed by atoms with van der Waals surface area (Å²) >= 11 is 0. The number of aromatic nitrogens is 1. The summed E-state index contributed by atoms with van der Waals surface area (Å²) in [5.74, 6) is -0.813. The summed E-state index contributed by atoms with van der Waals surface area (Å²) in [6, 6.07) is 3.72. The van der Waals surface area contributed by atoms with E-state index in [9.17, 15) is 14.3 Å². The van der Waals surface area contributed by atoms with Crippen molar-refractivity contribution >= 4 is 28.2 Å². The maximum atomic E-state index is 14.0. The first-order chi connectivity index (χ1) is 10.1. The van der Waals surface area contributed by atoms with Gasteiger partial charge in [0.15, 0.2) is 0 Å². The summed E-state index contributed by atoms with van der Waals surface area (Å²) < 4.78 is 14.0. The zero-order valence-corrected chi connectivity index (χ0v) is 11.4. The van der Waals surface area contributed by atoms with Crippen molar-refractivity contribution in [2.45, 2.75) is 25.3 Å². The number of nitrogens with zero attached hydrogens (tertiary/aromatic N) is 2. The molecule has 0 amide bonds. The Morgan fingerprint density at radius 3 is 2.95 bits per heavy atom. The van der Waals surface area contributed by atoms with Gasteiger partial charge in [-0.15, -0.1) is 0 Å². The number of aliphatic carboxylic acids is 1. The summed E-state index contributed by atoms with van der Waals surface area (Å²) in [5, 5.41) is 10.3. The molecule has 0 aliphatic carbocycles. The molecule has 5 nitrogen and oxygen atoms in total. The lowest BCUT2D eigenvalue weighted by Gasteiger charge is -2.34. The fourth-order valence-corrected chi connectivity index (χ4v) is 2.93. The van der Waals surface area contributed by atoms with E-state index in [1.165, 1.54) is 18.3 Å². The number of carbonyl (C=O) groups is 1. The molecule has 1 unspecified atom stereocenters. The van der Waals surface area contributed by atoms with Crippen LogP contribution in [-0.2, 0) is 4.79 Å². The van der Waals surface area contributed by atoms with Crippen molar-refractivity contribution in [2.24, 2.45) is 0 Å². The molecule has 1 saturated heterocycles. The van der Waals surface area contributed by atoms with E-state index in [1.807, 2.05) is 0 Å². The topological polar surface area (TPSA) is 79.5 Å². The first-order valence-electron chi connectivity index (χ1n) is 6.91. The van der Waals surface area contributed by atoms with Crippen molar-refractivity contribution in [2.75, 3.05) is 17.2 Å². The first-order valence-corrected chi connectivity index (χ1v) is 6.91. The number of rotatable bonds is 2. The van der Waals surface area contributed by atoms with Crippen LogP contribution in [0.5, 0.6) is 0 Å². The molecule has 110 valence electrons. The summed E-state index contributed by atoms with van der Waals surface area (Å²) in [5.41, 5.74) is 6.38. The average Bonchev–Trinajstić information content (AvgIpc) is 2.50. The lowest BCUT2D eigenvalue weighted by molar-refractivity contribution is -0.139. The highest BCUT2D eigenvalue weighted by Gasteiger charge is 2.30. The number of fused-ring (bicyclic) bond motifs is 1. The van der Waals surface area contributed by atoms with Crippen LogP contribution in [0.2, 0.25) is 0 Å². The smallest absolute Gasteiger partial charge is 0.326 e. The van der Waals surface area contributed by atoms with Crippen LogP contribution < -0.4 is 10.6 Å². The Hall–Kier alpha value is -2.37. The van der Waals surface area contributed by atoms with Gasteiger partial charge < -0.3 is 15.7 Å². The molecule has 0 bridgehead atoms. The van der Waals surface area contributed by atoms with Crippen LogP contribution in [0.4, 0.5) is 15.9 Å². The number of nitrogens with two attached hydrogens (primary N) is 1. The van der Waals surface area contributed by atoms with Crippen molar-refractivity contribution in [1.82, 2.24) is 4.98 Å². The third-order valence-electron chi connectivity index (χ3n) is 3.95. The lowest BCUT2D eigenvalue weighted by atomic mass is 10.0. The van der Waals surface area contributed by atoms with Gasteiger partial charge in [0.2, 0.25) is 0 Å². The number of halogens is 1. The minimum Gasteiger partial charge on any atom is -0.480 e. The molecule has 0 radical (unpaired) electrons. The molecule has 0 saturated carbocycles. The van der Waals surface area contributed by atoms with Gasteiger partial charge in [-0.2, -0.15) is 0 Å². The number of carboxylic acid groups (broad SMARTS) is 1. The highest BCUT2D eigenvalue weighted by atomic mass is 19.1. The molecule has 2 aromatic rings. The van der Waals surface area contributed by atoms with Crippen molar-refractivity contribution in [3.8, 4) is 0 Å². The number of carboxylic acids is 1. The summed E-state index contributed by atoms with van der Waals surface area (Å²) in [6.07, 6.45) is 3.80. The molecule has 3 N–H and O–H groups in total. The molecule has 1 aliphatic heterocycles. The van der Waals surface area contributed by atoms with Gasteiger partial charge in [0.1, 0.15) is 17.7 Å². The standard InChI is InChI=1S/C15H16FN3O2/c16-10-4-5-11(17)13-9(10)6-7-18-14(13)19-8-2-1-3-12(19)15(20)21/h4-7,12H,1-3,8,17H2,(H,20,21). The van der Waals surface area contributed by atoms with E-state index in [4.69, 9.17) is 5.73 Å². The van der Waals surface area contributed by atoms with E-state index in [2.05, 4.69) is 4.98 Å². The Kier molecular flexibility index (Phi) is 3.37. The SMILES string of the molecule is Nc1ccc(F)c2ccnc(N3CCCCC3C(=O)O)c12. The molecule has 3 rings (SSSR count). The van der Waals surface area contributed by atoms with Crippen LogP contribution in [0.3, 0.4) is 0 Å². The molecule has 1 fully saturated rings. The van der Waals surface area contributed by atoms with E-state index in [0.717, 1.165) is 12.8 Å². The minimum absolute atomic E-state index is 0.370. The Bertz CT molecular complexity index is 705. The maximum absolute atomic E-state index is 14.0. The predicted octanol–water partition coefficient (Wildman–Crippen LogP) is 2.40. The number of anilines is 2. The molecule has 2 heterocycles. The third-order valence-corrected chi connectivity index (χ3v) is 3.95. The van der Waals surface area contributed by atoms with E-state index < -0.39 is 12.0 Å². The first kappa shape index (κ1) is 13.6. The molecule has 1 aromatic carbocycles. The summed E-state index contributed by atoms with van der Waals surface area (Å²) in [4.78, 5) is 17.5. The van der Waals surface area contributed by atoms with Crippen LogP contribution in [0.1, 0.15) is 19.3 Å². The van der Waals surface area contributed by atoms with Crippen molar-refractivity contribution in [3.63, 3.8) is 0 Å². The molecule has 1 aromatic heterocycles. The number of pyridine rings is 1. The molecule has 0 spiro atoms. The molecular formula is C15H16FN3O2. The van der Waals surface area contributed by atoms with Gasteiger partial charge in [-0.3, -0.25) is 0 Å². The Balaban J connectivity index is 2.19. The van der Waals surface area contributed by atoms with Crippen LogP contribution in [-0.4, -0.2) is 28.6 Å². The number of hydrogen-bond donors (Lipinski definition) is 2. The van der Waals surface area contributed by atoms with E-state index in [1.54, 1.807) is 11.0 Å².